The second kappa shape index (κ2) is 2.94. The van der Waals surface area contributed by atoms with Crippen LogP contribution in [0.15, 0.2) is 12.1 Å². The first kappa shape index (κ1) is 7.87. The fraction of sp³-hybridized carbons (Fsp3) is 0.444. The number of methoxy groups -OCH3 is 1. The zero-order valence-corrected chi connectivity index (χ0v) is 7.64. The van der Waals surface area contributed by atoms with Crippen LogP contribution in [-0.2, 0) is 0 Å². The molecule has 2 nitrogen and oxygen atoms in total. The lowest BCUT2D eigenvalue weighted by Gasteiger charge is -2.03. The zero-order valence-electron chi connectivity index (χ0n) is 6.88. The summed E-state index contributed by atoms with van der Waals surface area (Å²) < 4.78 is 4.95. The maximum atomic E-state index is 5.95. The van der Waals surface area contributed by atoms with Crippen molar-refractivity contribution in [2.45, 2.75) is 18.8 Å². The molecule has 0 aliphatic heterocycles. The second-order valence-electron chi connectivity index (χ2n) is 3.01. The molecule has 0 unspecified atom stereocenters. The molecule has 1 aliphatic rings. The summed E-state index contributed by atoms with van der Waals surface area (Å²) in [4.78, 5) is 4.10. The van der Waals surface area contributed by atoms with Gasteiger partial charge in [0.25, 0.3) is 0 Å². The van der Waals surface area contributed by atoms with E-state index in [1.165, 1.54) is 12.8 Å². The van der Waals surface area contributed by atoms with Crippen molar-refractivity contribution in [2.24, 2.45) is 0 Å². The number of hydrogen-bond donors (Lipinski definition) is 0. The molecule has 0 atom stereocenters. The number of ether oxygens (including phenoxy) is 1. The van der Waals surface area contributed by atoms with Gasteiger partial charge in [-0.05, 0) is 24.3 Å². The van der Waals surface area contributed by atoms with Crippen LogP contribution in [0.2, 0.25) is 5.15 Å². The summed E-state index contributed by atoms with van der Waals surface area (Å²) in [6.45, 7) is 0. The molecular formula is C9H10ClNO. The van der Waals surface area contributed by atoms with Gasteiger partial charge in [-0.15, -0.1) is 0 Å². The maximum absolute atomic E-state index is 5.95. The average molecular weight is 184 g/mol. The maximum Gasteiger partial charge on any atom is 0.214 e. The Morgan fingerprint density at radius 3 is 2.75 bits per heavy atom. The van der Waals surface area contributed by atoms with Gasteiger partial charge in [-0.3, -0.25) is 0 Å². The van der Waals surface area contributed by atoms with Gasteiger partial charge in [0.05, 0.1) is 7.11 Å². The van der Waals surface area contributed by atoms with Crippen molar-refractivity contribution < 1.29 is 4.74 Å². The lowest BCUT2D eigenvalue weighted by atomic mass is 10.2. The summed E-state index contributed by atoms with van der Waals surface area (Å²) in [7, 11) is 1.59. The van der Waals surface area contributed by atoms with Crippen LogP contribution in [0.4, 0.5) is 0 Å². The number of hydrogen-bond acceptors (Lipinski definition) is 2. The molecule has 1 saturated carbocycles. The first-order valence-electron chi connectivity index (χ1n) is 4.01. The third-order valence-electron chi connectivity index (χ3n) is 2.08. The standard InChI is InChI=1S/C9H10ClNO/c1-12-8-5-4-7(6-2-3-6)9(10)11-8/h4-6H,2-3H2,1H3. The van der Waals surface area contributed by atoms with E-state index in [0.29, 0.717) is 17.0 Å². The molecule has 1 aliphatic carbocycles. The Labute approximate surface area is 76.5 Å². The minimum atomic E-state index is 0.587. The molecule has 0 aromatic carbocycles. The molecule has 1 aromatic rings. The topological polar surface area (TPSA) is 22.1 Å². The number of aromatic nitrogens is 1. The lowest BCUT2D eigenvalue weighted by Crippen LogP contribution is -1.90. The first-order chi connectivity index (χ1) is 5.81. The van der Waals surface area contributed by atoms with Crippen LogP contribution in [0.1, 0.15) is 24.3 Å². The van der Waals surface area contributed by atoms with Crippen LogP contribution in [0.3, 0.4) is 0 Å². The van der Waals surface area contributed by atoms with Gasteiger partial charge in [-0.25, -0.2) is 4.98 Å². The van der Waals surface area contributed by atoms with Crippen LogP contribution in [0.25, 0.3) is 0 Å². The predicted octanol–water partition coefficient (Wildman–Crippen LogP) is 2.62. The lowest BCUT2D eigenvalue weighted by molar-refractivity contribution is 0.397. The number of pyridine rings is 1. The van der Waals surface area contributed by atoms with E-state index >= 15 is 0 Å². The van der Waals surface area contributed by atoms with E-state index in [-0.39, 0.29) is 0 Å². The highest BCUT2D eigenvalue weighted by Crippen LogP contribution is 2.42. The minimum absolute atomic E-state index is 0.587. The van der Waals surface area contributed by atoms with Gasteiger partial charge in [-0.2, -0.15) is 0 Å². The Morgan fingerprint density at radius 2 is 2.25 bits per heavy atom. The Balaban J connectivity index is 2.32. The summed E-state index contributed by atoms with van der Waals surface area (Å²) in [5, 5.41) is 0.594. The first-order valence-corrected chi connectivity index (χ1v) is 4.39. The molecule has 1 fully saturated rings. The van der Waals surface area contributed by atoms with Crippen LogP contribution in [-0.4, -0.2) is 12.1 Å². The smallest absolute Gasteiger partial charge is 0.214 e. The molecule has 1 heterocycles. The largest absolute Gasteiger partial charge is 0.481 e. The molecule has 2 rings (SSSR count). The van der Waals surface area contributed by atoms with Crippen LogP contribution in [0, 0.1) is 0 Å². The summed E-state index contributed by atoms with van der Waals surface area (Å²) in [5.74, 6) is 1.24. The second-order valence-corrected chi connectivity index (χ2v) is 3.37. The molecule has 3 heteroatoms. The van der Waals surface area contributed by atoms with E-state index in [0.717, 1.165) is 5.56 Å². The predicted molar refractivity (Wildman–Crippen MR) is 47.8 cm³/mol. The molecule has 64 valence electrons. The molecule has 0 radical (unpaired) electrons. The van der Waals surface area contributed by atoms with E-state index in [2.05, 4.69) is 4.98 Å². The summed E-state index contributed by atoms with van der Waals surface area (Å²) in [6.07, 6.45) is 2.49. The molecule has 1 aromatic heterocycles. The van der Waals surface area contributed by atoms with Gasteiger partial charge in [0.15, 0.2) is 0 Å². The van der Waals surface area contributed by atoms with Gasteiger partial charge in [0.2, 0.25) is 5.88 Å². The van der Waals surface area contributed by atoms with Gasteiger partial charge < -0.3 is 4.74 Å². The zero-order chi connectivity index (χ0) is 8.55. The fourth-order valence-corrected chi connectivity index (χ4v) is 1.54. The Morgan fingerprint density at radius 1 is 1.50 bits per heavy atom. The van der Waals surface area contributed by atoms with Crippen molar-refractivity contribution in [3.63, 3.8) is 0 Å². The van der Waals surface area contributed by atoms with Crippen LogP contribution >= 0.6 is 11.6 Å². The highest BCUT2D eigenvalue weighted by atomic mass is 35.5. The van der Waals surface area contributed by atoms with E-state index in [1.54, 1.807) is 7.11 Å². The van der Waals surface area contributed by atoms with Gasteiger partial charge in [0.1, 0.15) is 5.15 Å². The summed E-state index contributed by atoms with van der Waals surface area (Å²) in [6, 6.07) is 3.87. The van der Waals surface area contributed by atoms with Crippen molar-refractivity contribution in [1.82, 2.24) is 4.98 Å². The summed E-state index contributed by atoms with van der Waals surface area (Å²) in [5.41, 5.74) is 1.16. The quantitative estimate of drug-likeness (QED) is 0.658. The van der Waals surface area contributed by atoms with Crippen molar-refractivity contribution in [1.29, 1.82) is 0 Å². The monoisotopic (exact) mass is 183 g/mol. The number of rotatable bonds is 2. The Bertz CT molecular complexity index is 297. The van der Waals surface area contributed by atoms with Crippen molar-refractivity contribution in [3.05, 3.63) is 22.8 Å². The van der Waals surface area contributed by atoms with E-state index in [4.69, 9.17) is 16.3 Å². The van der Waals surface area contributed by atoms with Crippen LogP contribution < -0.4 is 4.74 Å². The van der Waals surface area contributed by atoms with Crippen molar-refractivity contribution in [3.8, 4) is 5.88 Å². The number of halogens is 1. The molecule has 0 saturated heterocycles. The molecule has 0 spiro atoms. The third-order valence-corrected chi connectivity index (χ3v) is 2.38. The van der Waals surface area contributed by atoms with Gasteiger partial charge in [-0.1, -0.05) is 17.7 Å². The molecular weight excluding hydrogens is 174 g/mol. The third kappa shape index (κ3) is 1.39. The molecule has 0 bridgehead atoms. The highest BCUT2D eigenvalue weighted by Gasteiger charge is 2.26. The fourth-order valence-electron chi connectivity index (χ4n) is 1.24. The molecule has 0 N–H and O–H groups in total. The number of nitrogens with zero attached hydrogens (tertiary/aromatic N) is 1. The van der Waals surface area contributed by atoms with Crippen LogP contribution in [0.5, 0.6) is 5.88 Å². The normalized spacial score (nSPS) is 16.2. The van der Waals surface area contributed by atoms with Gasteiger partial charge in [0, 0.05) is 6.07 Å². The Kier molecular flexibility index (Phi) is 1.93. The van der Waals surface area contributed by atoms with Crippen molar-refractivity contribution >= 4 is 11.6 Å². The van der Waals surface area contributed by atoms with E-state index in [1.807, 2.05) is 12.1 Å². The van der Waals surface area contributed by atoms with Gasteiger partial charge >= 0.3 is 0 Å². The van der Waals surface area contributed by atoms with Crippen molar-refractivity contribution in [2.75, 3.05) is 7.11 Å². The molecule has 0 amide bonds. The minimum Gasteiger partial charge on any atom is -0.481 e. The highest BCUT2D eigenvalue weighted by molar-refractivity contribution is 6.30. The van der Waals surface area contributed by atoms with E-state index in [9.17, 15) is 0 Å². The molecule has 12 heavy (non-hydrogen) atoms. The van der Waals surface area contributed by atoms with E-state index < -0.39 is 0 Å². The average Bonchev–Trinajstić information content (AvgIpc) is 2.87. The Hall–Kier alpha value is -0.760. The SMILES string of the molecule is COc1ccc(C2CC2)c(Cl)n1. The summed E-state index contributed by atoms with van der Waals surface area (Å²) >= 11 is 5.95.